The second-order valence-corrected chi connectivity index (χ2v) is 14.1. The Morgan fingerprint density at radius 1 is 0.939 bits per heavy atom. The quantitative estimate of drug-likeness (QED) is 0.251. The number of rotatable bonds is 5. The molecule has 4 aliphatic carbocycles. The molecule has 4 fully saturated rings. The third-order valence-electron chi connectivity index (χ3n) is 12.0. The molecule has 3 nitrogen and oxygen atoms in total. The monoisotopic (exact) mass is 458 g/mol. The molecule has 4 aliphatic rings. The van der Waals surface area contributed by atoms with E-state index in [1.807, 2.05) is 19.9 Å². The van der Waals surface area contributed by atoms with Crippen LogP contribution in [0.4, 0.5) is 0 Å². The van der Waals surface area contributed by atoms with E-state index >= 15 is 0 Å². The molecule has 8 atom stereocenters. The van der Waals surface area contributed by atoms with Gasteiger partial charge in [-0.3, -0.25) is 5.26 Å². The molecule has 0 spiro atoms. The molecule has 0 aromatic rings. The van der Waals surface area contributed by atoms with Crippen LogP contribution >= 0.6 is 0 Å². The fourth-order valence-corrected chi connectivity index (χ4v) is 9.90. The summed E-state index contributed by atoms with van der Waals surface area (Å²) >= 11 is 0. The first-order valence-corrected chi connectivity index (χ1v) is 13.6. The van der Waals surface area contributed by atoms with Gasteiger partial charge in [-0.15, -0.1) is 0 Å². The summed E-state index contributed by atoms with van der Waals surface area (Å²) < 4.78 is 0. The van der Waals surface area contributed by atoms with Gasteiger partial charge < -0.3 is 5.11 Å². The van der Waals surface area contributed by atoms with E-state index in [9.17, 15) is 5.11 Å². The molecule has 33 heavy (non-hydrogen) atoms. The summed E-state index contributed by atoms with van der Waals surface area (Å²) in [5, 5.41) is 19.9. The molecule has 0 saturated heterocycles. The minimum absolute atomic E-state index is 0.0248. The van der Waals surface area contributed by atoms with Crippen LogP contribution in [0.5, 0.6) is 0 Å². The summed E-state index contributed by atoms with van der Waals surface area (Å²) in [5.41, 5.74) is 1.82. The Bertz CT molecular complexity index is 796. The summed E-state index contributed by atoms with van der Waals surface area (Å²) in [7, 11) is 0. The molecule has 188 valence electrons. The predicted molar refractivity (Wildman–Crippen MR) is 136 cm³/mol. The van der Waals surface area contributed by atoms with Gasteiger partial charge in [-0.25, -0.2) is 4.89 Å². The van der Waals surface area contributed by atoms with Gasteiger partial charge in [0.05, 0.1) is 6.10 Å². The molecule has 8 unspecified atom stereocenters. The number of fused-ring (bicyclic) bond motifs is 5. The zero-order valence-electron chi connectivity index (χ0n) is 22.4. The molecule has 3 heteroatoms. The third kappa shape index (κ3) is 3.71. The minimum atomic E-state index is -0.647. The predicted octanol–water partition coefficient (Wildman–Crippen LogP) is 7.80. The van der Waals surface area contributed by atoms with Crippen LogP contribution < -0.4 is 0 Å². The van der Waals surface area contributed by atoms with Crippen molar-refractivity contribution in [3.63, 3.8) is 0 Å². The maximum atomic E-state index is 10.8. The molecular weight excluding hydrogens is 408 g/mol. The normalized spacial score (nSPS) is 47.1. The molecular formula is C30H50O3. The smallest absolute Gasteiger partial charge is 0.116 e. The van der Waals surface area contributed by atoms with Crippen LogP contribution in [0.25, 0.3) is 0 Å². The van der Waals surface area contributed by atoms with Gasteiger partial charge in [-0.1, -0.05) is 58.9 Å². The van der Waals surface area contributed by atoms with Gasteiger partial charge in [0.15, 0.2) is 0 Å². The van der Waals surface area contributed by atoms with E-state index in [4.69, 9.17) is 5.26 Å². The molecule has 4 rings (SSSR count). The summed E-state index contributed by atoms with van der Waals surface area (Å²) in [5.74, 6) is 2.71. The largest absolute Gasteiger partial charge is 0.393 e. The van der Waals surface area contributed by atoms with E-state index in [1.54, 1.807) is 0 Å². The minimum Gasteiger partial charge on any atom is -0.393 e. The second-order valence-electron chi connectivity index (χ2n) is 14.1. The summed E-state index contributed by atoms with van der Waals surface area (Å²) in [4.78, 5) is 4.56. The molecule has 0 aromatic carbocycles. The first-order chi connectivity index (χ1) is 15.2. The van der Waals surface area contributed by atoms with Crippen molar-refractivity contribution in [2.75, 3.05) is 0 Å². The third-order valence-corrected chi connectivity index (χ3v) is 12.0. The molecule has 0 aromatic heterocycles. The van der Waals surface area contributed by atoms with Crippen molar-refractivity contribution in [2.24, 2.45) is 45.3 Å². The average molecular weight is 459 g/mol. The maximum Gasteiger partial charge on any atom is 0.116 e. The highest BCUT2D eigenvalue weighted by molar-refractivity contribution is 5.21. The first kappa shape index (κ1) is 25.5. The number of hydrogen-bond acceptors (Lipinski definition) is 3. The van der Waals surface area contributed by atoms with E-state index in [0.717, 1.165) is 24.7 Å². The van der Waals surface area contributed by atoms with Crippen LogP contribution in [0, 0.1) is 45.3 Å². The van der Waals surface area contributed by atoms with Crippen LogP contribution in [0.1, 0.15) is 106 Å². The summed E-state index contributed by atoms with van der Waals surface area (Å²) in [6.07, 6.45) is 14.8. The Kier molecular flexibility index (Phi) is 6.33. The molecule has 0 bridgehead atoms. The van der Waals surface area contributed by atoms with Crippen LogP contribution in [0.15, 0.2) is 24.3 Å². The van der Waals surface area contributed by atoms with Crippen LogP contribution in [-0.2, 0) is 4.89 Å². The zero-order valence-corrected chi connectivity index (χ0v) is 22.4. The van der Waals surface area contributed by atoms with Crippen molar-refractivity contribution < 1.29 is 15.3 Å². The Hall–Kier alpha value is -0.640. The lowest BCUT2D eigenvalue weighted by atomic mass is 9.35. The molecule has 4 saturated carbocycles. The summed E-state index contributed by atoms with van der Waals surface area (Å²) in [6, 6.07) is 0. The Morgan fingerprint density at radius 3 is 2.27 bits per heavy atom. The summed E-state index contributed by atoms with van der Waals surface area (Å²) in [6.45, 7) is 20.8. The Labute approximate surface area is 203 Å². The van der Waals surface area contributed by atoms with Crippen LogP contribution in [-0.4, -0.2) is 22.1 Å². The number of aliphatic hydroxyl groups excluding tert-OH is 1. The van der Waals surface area contributed by atoms with Gasteiger partial charge in [0.1, 0.15) is 5.60 Å². The Morgan fingerprint density at radius 2 is 1.61 bits per heavy atom. The lowest BCUT2D eigenvalue weighted by Gasteiger charge is -2.69. The average Bonchev–Trinajstić information content (AvgIpc) is 3.09. The van der Waals surface area contributed by atoms with Gasteiger partial charge >= 0.3 is 0 Å². The molecule has 0 radical (unpaired) electrons. The van der Waals surface area contributed by atoms with Gasteiger partial charge in [-0.2, -0.15) is 0 Å². The first-order valence-electron chi connectivity index (χ1n) is 13.6. The maximum absolute atomic E-state index is 10.8. The lowest BCUT2D eigenvalue weighted by Crippen LogP contribution is -2.63. The van der Waals surface area contributed by atoms with Gasteiger partial charge in [0, 0.05) is 0 Å². The standard InChI is InChI=1S/C30H50O3/c1-20(10-9-16-26(2,3)33-32)21-13-18-29(7)22(21)11-12-24-28(6)17-15-25(31)27(4,5)23(28)14-19-30(24,29)8/h9,16,21-25,31-32H,1,10-15,17-19H2,2-8H3. The van der Waals surface area contributed by atoms with E-state index in [1.165, 1.54) is 50.5 Å². The Balaban J connectivity index is 1.56. The van der Waals surface area contributed by atoms with Crippen molar-refractivity contribution in [1.82, 2.24) is 0 Å². The van der Waals surface area contributed by atoms with E-state index in [0.29, 0.717) is 28.1 Å². The molecule has 0 aliphatic heterocycles. The zero-order chi connectivity index (χ0) is 24.4. The highest BCUT2D eigenvalue weighted by Crippen LogP contribution is 2.75. The van der Waals surface area contributed by atoms with E-state index in [-0.39, 0.29) is 11.5 Å². The number of aliphatic hydroxyl groups is 1. The lowest BCUT2D eigenvalue weighted by molar-refractivity contribution is -0.297. The fourth-order valence-electron chi connectivity index (χ4n) is 9.90. The van der Waals surface area contributed by atoms with Gasteiger partial charge in [-0.05, 0) is 117 Å². The van der Waals surface area contributed by atoms with E-state index < -0.39 is 5.60 Å². The van der Waals surface area contributed by atoms with Crippen molar-refractivity contribution in [3.05, 3.63) is 24.3 Å². The second kappa shape index (κ2) is 8.20. The van der Waals surface area contributed by atoms with Gasteiger partial charge in [0.25, 0.3) is 0 Å². The topological polar surface area (TPSA) is 49.7 Å². The highest BCUT2D eigenvalue weighted by Gasteiger charge is 2.68. The van der Waals surface area contributed by atoms with Crippen molar-refractivity contribution in [1.29, 1.82) is 0 Å². The van der Waals surface area contributed by atoms with Crippen molar-refractivity contribution in [2.45, 2.75) is 118 Å². The molecule has 0 heterocycles. The number of allylic oxidation sites excluding steroid dienone is 2. The van der Waals surface area contributed by atoms with E-state index in [2.05, 4.69) is 52.2 Å². The van der Waals surface area contributed by atoms with Crippen molar-refractivity contribution >= 4 is 0 Å². The molecule has 2 N–H and O–H groups in total. The fraction of sp³-hybridized carbons (Fsp3) is 0.867. The highest BCUT2D eigenvalue weighted by atomic mass is 17.1. The van der Waals surface area contributed by atoms with Crippen LogP contribution in [0.2, 0.25) is 0 Å². The SMILES string of the molecule is C=C(CC=CC(C)(C)OO)C1CCC2(C)C1CCC1C3(C)CCC(O)C(C)(C)C3CCC12C. The molecule has 0 amide bonds. The number of hydrogen-bond donors (Lipinski definition) is 2. The van der Waals surface area contributed by atoms with Crippen LogP contribution in [0.3, 0.4) is 0 Å². The van der Waals surface area contributed by atoms with Crippen molar-refractivity contribution in [3.8, 4) is 0 Å². The van der Waals surface area contributed by atoms with Gasteiger partial charge in [0.2, 0.25) is 0 Å².